The van der Waals surface area contributed by atoms with Gasteiger partial charge in [-0.25, -0.2) is 0 Å². The van der Waals surface area contributed by atoms with Crippen LogP contribution in [0.1, 0.15) is 18.4 Å². The summed E-state index contributed by atoms with van der Waals surface area (Å²) in [5, 5.41) is 8.95. The smallest absolute Gasteiger partial charge is 0.224 e. The Kier molecular flexibility index (Phi) is 4.73. The zero-order chi connectivity index (χ0) is 12.8. The van der Waals surface area contributed by atoms with Gasteiger partial charge in [0.25, 0.3) is 0 Å². The minimum absolute atomic E-state index is 0.0468. The lowest BCUT2D eigenvalue weighted by Gasteiger charge is -2.12. The van der Waals surface area contributed by atoms with Crippen LogP contribution >= 0.6 is 0 Å². The first kappa shape index (κ1) is 13.1. The third-order valence-electron chi connectivity index (χ3n) is 3.25. The molecule has 2 rings (SSSR count). The number of carbonyl (C=O) groups excluding carboxylic acids is 1. The van der Waals surface area contributed by atoms with E-state index in [1.807, 2.05) is 30.3 Å². The van der Waals surface area contributed by atoms with Crippen molar-refractivity contribution < 1.29 is 14.6 Å². The zero-order valence-electron chi connectivity index (χ0n) is 10.4. The van der Waals surface area contributed by atoms with E-state index in [9.17, 15) is 4.79 Å². The SMILES string of the molecule is O=C1CC(CCOCc2ccccc2)CN1CO. The van der Waals surface area contributed by atoms with E-state index >= 15 is 0 Å². The van der Waals surface area contributed by atoms with Crippen LogP contribution in [0.5, 0.6) is 0 Å². The van der Waals surface area contributed by atoms with Gasteiger partial charge < -0.3 is 14.7 Å². The topological polar surface area (TPSA) is 49.8 Å². The molecule has 1 aromatic carbocycles. The average molecular weight is 249 g/mol. The van der Waals surface area contributed by atoms with Gasteiger partial charge in [-0.05, 0) is 17.9 Å². The first-order valence-corrected chi connectivity index (χ1v) is 6.30. The number of nitrogens with zero attached hydrogens (tertiary/aromatic N) is 1. The Bertz CT molecular complexity index is 380. The number of benzene rings is 1. The van der Waals surface area contributed by atoms with Gasteiger partial charge in [0.05, 0.1) is 6.61 Å². The molecule has 98 valence electrons. The molecule has 1 amide bonds. The van der Waals surface area contributed by atoms with Gasteiger partial charge in [0, 0.05) is 19.6 Å². The fraction of sp³-hybridized carbons (Fsp3) is 0.500. The molecule has 1 N–H and O–H groups in total. The molecule has 1 unspecified atom stereocenters. The highest BCUT2D eigenvalue weighted by atomic mass is 16.5. The van der Waals surface area contributed by atoms with E-state index in [-0.39, 0.29) is 12.6 Å². The molecular formula is C14H19NO3. The molecule has 18 heavy (non-hydrogen) atoms. The molecular weight excluding hydrogens is 230 g/mol. The van der Waals surface area contributed by atoms with E-state index in [1.54, 1.807) is 0 Å². The van der Waals surface area contributed by atoms with Crippen molar-refractivity contribution in [2.24, 2.45) is 5.92 Å². The largest absolute Gasteiger partial charge is 0.377 e. The van der Waals surface area contributed by atoms with Crippen molar-refractivity contribution in [2.75, 3.05) is 19.9 Å². The lowest BCUT2D eigenvalue weighted by molar-refractivity contribution is -0.130. The van der Waals surface area contributed by atoms with Gasteiger partial charge in [0.15, 0.2) is 0 Å². The molecule has 0 saturated carbocycles. The molecule has 0 radical (unpaired) electrons. The van der Waals surface area contributed by atoms with Gasteiger partial charge in [-0.2, -0.15) is 0 Å². The van der Waals surface area contributed by atoms with Crippen molar-refractivity contribution in [3.05, 3.63) is 35.9 Å². The van der Waals surface area contributed by atoms with Crippen LogP contribution in [0.4, 0.5) is 0 Å². The number of hydrogen-bond acceptors (Lipinski definition) is 3. The number of rotatable bonds is 6. The summed E-state index contributed by atoms with van der Waals surface area (Å²) in [4.78, 5) is 12.9. The quantitative estimate of drug-likeness (QED) is 0.775. The van der Waals surface area contributed by atoms with E-state index in [0.717, 1.165) is 12.0 Å². The van der Waals surface area contributed by atoms with Crippen LogP contribution in [0.3, 0.4) is 0 Å². The molecule has 0 aromatic heterocycles. The number of likely N-dealkylation sites (tertiary alicyclic amines) is 1. The highest BCUT2D eigenvalue weighted by Crippen LogP contribution is 2.20. The van der Waals surface area contributed by atoms with Gasteiger partial charge in [-0.15, -0.1) is 0 Å². The van der Waals surface area contributed by atoms with E-state index in [2.05, 4.69) is 0 Å². The van der Waals surface area contributed by atoms with Gasteiger partial charge in [-0.3, -0.25) is 4.79 Å². The molecule has 1 aliphatic heterocycles. The first-order chi connectivity index (χ1) is 8.79. The Morgan fingerprint density at radius 2 is 2.11 bits per heavy atom. The third-order valence-corrected chi connectivity index (χ3v) is 3.25. The molecule has 0 aliphatic carbocycles. The molecule has 0 spiro atoms. The molecule has 1 saturated heterocycles. The fourth-order valence-corrected chi connectivity index (χ4v) is 2.20. The van der Waals surface area contributed by atoms with Crippen molar-refractivity contribution in [1.82, 2.24) is 4.90 Å². The molecule has 1 aliphatic rings. The number of aliphatic hydroxyl groups is 1. The minimum Gasteiger partial charge on any atom is -0.377 e. The highest BCUT2D eigenvalue weighted by molar-refractivity contribution is 5.78. The monoisotopic (exact) mass is 249 g/mol. The van der Waals surface area contributed by atoms with Crippen LogP contribution in [-0.4, -0.2) is 35.8 Å². The van der Waals surface area contributed by atoms with E-state index in [1.165, 1.54) is 4.90 Å². The van der Waals surface area contributed by atoms with Crippen molar-refractivity contribution in [3.8, 4) is 0 Å². The molecule has 1 aromatic rings. The predicted octanol–water partition coefficient (Wildman–Crippen LogP) is 1.39. The third kappa shape index (κ3) is 3.55. The zero-order valence-corrected chi connectivity index (χ0v) is 10.4. The maximum atomic E-state index is 11.4. The number of hydrogen-bond donors (Lipinski definition) is 1. The maximum Gasteiger partial charge on any atom is 0.224 e. The van der Waals surface area contributed by atoms with Crippen LogP contribution in [-0.2, 0) is 16.1 Å². The second-order valence-electron chi connectivity index (χ2n) is 4.65. The Morgan fingerprint density at radius 1 is 1.33 bits per heavy atom. The van der Waals surface area contributed by atoms with Crippen LogP contribution in [0.2, 0.25) is 0 Å². The number of ether oxygens (including phenoxy) is 1. The molecule has 1 fully saturated rings. The van der Waals surface area contributed by atoms with Crippen molar-refractivity contribution in [1.29, 1.82) is 0 Å². The van der Waals surface area contributed by atoms with Gasteiger partial charge in [0.2, 0.25) is 5.91 Å². The van der Waals surface area contributed by atoms with E-state index in [4.69, 9.17) is 9.84 Å². The standard InChI is InChI=1S/C14H19NO3/c16-11-15-9-13(8-14(15)17)6-7-18-10-12-4-2-1-3-5-12/h1-5,13,16H,6-11H2. The van der Waals surface area contributed by atoms with Crippen molar-refractivity contribution >= 4 is 5.91 Å². The van der Waals surface area contributed by atoms with Crippen LogP contribution in [0, 0.1) is 5.92 Å². The lowest BCUT2D eigenvalue weighted by Crippen LogP contribution is -2.26. The second kappa shape index (κ2) is 6.52. The Morgan fingerprint density at radius 3 is 2.78 bits per heavy atom. The Hall–Kier alpha value is -1.39. The van der Waals surface area contributed by atoms with Gasteiger partial charge in [-0.1, -0.05) is 30.3 Å². The summed E-state index contributed by atoms with van der Waals surface area (Å²) in [7, 11) is 0. The van der Waals surface area contributed by atoms with Gasteiger partial charge in [0.1, 0.15) is 6.73 Å². The molecule has 4 heteroatoms. The summed E-state index contributed by atoms with van der Waals surface area (Å²) < 4.78 is 5.59. The summed E-state index contributed by atoms with van der Waals surface area (Å²) in [6.45, 7) is 1.77. The van der Waals surface area contributed by atoms with E-state index in [0.29, 0.717) is 32.1 Å². The van der Waals surface area contributed by atoms with Crippen molar-refractivity contribution in [3.63, 3.8) is 0 Å². The highest BCUT2D eigenvalue weighted by Gasteiger charge is 2.28. The van der Waals surface area contributed by atoms with Gasteiger partial charge >= 0.3 is 0 Å². The Labute approximate surface area is 107 Å². The lowest BCUT2D eigenvalue weighted by atomic mass is 10.1. The van der Waals surface area contributed by atoms with Crippen LogP contribution < -0.4 is 0 Å². The van der Waals surface area contributed by atoms with Crippen molar-refractivity contribution in [2.45, 2.75) is 19.4 Å². The second-order valence-corrected chi connectivity index (χ2v) is 4.65. The summed E-state index contributed by atoms with van der Waals surface area (Å²) in [5.74, 6) is 0.367. The summed E-state index contributed by atoms with van der Waals surface area (Å²) in [6, 6.07) is 10.0. The minimum atomic E-state index is -0.166. The normalized spacial score (nSPS) is 19.5. The number of carbonyl (C=O) groups is 1. The summed E-state index contributed by atoms with van der Waals surface area (Å²) in [5.41, 5.74) is 1.16. The molecule has 1 atom stereocenters. The number of amides is 1. The van der Waals surface area contributed by atoms with Crippen LogP contribution in [0.25, 0.3) is 0 Å². The molecule has 0 bridgehead atoms. The molecule has 4 nitrogen and oxygen atoms in total. The maximum absolute atomic E-state index is 11.4. The summed E-state index contributed by atoms with van der Waals surface area (Å²) >= 11 is 0. The molecule has 1 heterocycles. The first-order valence-electron chi connectivity index (χ1n) is 6.30. The van der Waals surface area contributed by atoms with Crippen LogP contribution in [0.15, 0.2) is 30.3 Å². The average Bonchev–Trinajstić information content (AvgIpc) is 2.76. The van der Waals surface area contributed by atoms with E-state index < -0.39 is 0 Å². The fourth-order valence-electron chi connectivity index (χ4n) is 2.20. The Balaban J connectivity index is 1.63. The summed E-state index contributed by atoms with van der Waals surface area (Å²) in [6.07, 6.45) is 1.41. The predicted molar refractivity (Wildman–Crippen MR) is 67.6 cm³/mol. The number of aliphatic hydroxyl groups excluding tert-OH is 1.